The molecule has 2 bridgehead atoms. The number of esters is 3. The van der Waals surface area contributed by atoms with Crippen LogP contribution in [-0.4, -0.2) is 122 Å². The zero-order chi connectivity index (χ0) is 45.6. The number of para-hydroxylation sites is 1. The Labute approximate surface area is 385 Å². The minimum atomic E-state index is -1.95. The number of hydrogen-bond acceptors (Lipinski definition) is 11. The van der Waals surface area contributed by atoms with Gasteiger partial charge in [-0.3, -0.25) is 19.4 Å². The molecule has 1 aliphatic carbocycles. The first kappa shape index (κ1) is 43.7. The van der Waals surface area contributed by atoms with Crippen LogP contribution in [0.15, 0.2) is 84.5 Å². The van der Waals surface area contributed by atoms with Gasteiger partial charge in [-0.25, -0.2) is 4.79 Å². The molecule has 1 aromatic heterocycles. The fourth-order valence-electron chi connectivity index (χ4n) is 13.9. The molecule has 0 radical (unpaired) electrons. The number of methoxy groups -OCH3 is 2. The number of rotatable bonds is 9. The van der Waals surface area contributed by atoms with E-state index in [1.54, 1.807) is 31.4 Å². The van der Waals surface area contributed by atoms with Crippen molar-refractivity contribution in [1.82, 2.24) is 14.8 Å². The molecule has 65 heavy (non-hydrogen) atoms. The largest absolute Gasteiger partial charge is 0.496 e. The number of H-pyrrole nitrogens is 1. The molecule has 1 saturated carbocycles. The van der Waals surface area contributed by atoms with Crippen molar-refractivity contribution >= 4 is 46.1 Å². The minimum Gasteiger partial charge on any atom is -0.496 e. The van der Waals surface area contributed by atoms with Crippen LogP contribution in [0.5, 0.6) is 5.75 Å². The lowest BCUT2D eigenvalue weighted by Gasteiger charge is -2.64. The molecule has 10 rings (SSSR count). The Bertz CT molecular complexity index is 2660. The highest BCUT2D eigenvalue weighted by atomic mass is 35.5. The van der Waals surface area contributed by atoms with Crippen LogP contribution in [0, 0.1) is 11.3 Å². The number of likely N-dealkylation sites (N-methyl/N-ethyl adjacent to an activating group) is 1. The summed E-state index contributed by atoms with van der Waals surface area (Å²) in [7, 11) is 5.06. The summed E-state index contributed by atoms with van der Waals surface area (Å²) in [5.74, 6) is -1.10. The van der Waals surface area contributed by atoms with Crippen LogP contribution in [0.2, 0.25) is 5.02 Å². The number of aromatic nitrogens is 1. The number of aliphatic hydroxyl groups is 1. The van der Waals surface area contributed by atoms with Crippen LogP contribution in [0.25, 0.3) is 10.9 Å². The number of nitrogens with one attached hydrogen (secondary N) is 1. The zero-order valence-corrected chi connectivity index (χ0v) is 38.9. The van der Waals surface area contributed by atoms with Crippen LogP contribution >= 0.6 is 11.6 Å². The number of anilines is 1. The second-order valence-electron chi connectivity index (χ2n) is 19.2. The molecular weight excluding hydrogens is 844 g/mol. The van der Waals surface area contributed by atoms with Gasteiger partial charge in [-0.1, -0.05) is 79.6 Å². The van der Waals surface area contributed by atoms with Crippen molar-refractivity contribution in [2.24, 2.45) is 11.3 Å². The molecule has 3 aromatic carbocycles. The first-order valence-electron chi connectivity index (χ1n) is 23.1. The first-order chi connectivity index (χ1) is 31.3. The number of aromatic amines is 1. The number of hydrogen-bond donors (Lipinski definition) is 2. The van der Waals surface area contributed by atoms with Crippen molar-refractivity contribution in [2.75, 3.05) is 65.5 Å². The molecule has 2 fully saturated rings. The molecule has 6 heterocycles. The highest BCUT2D eigenvalue weighted by Gasteiger charge is 2.78. The number of nitrogens with zero attached hydrogens (tertiary/aromatic N) is 3. The Morgan fingerprint density at radius 3 is 2.52 bits per heavy atom. The van der Waals surface area contributed by atoms with Gasteiger partial charge in [0.25, 0.3) is 0 Å². The Hall–Kier alpha value is -5.14. The number of halogens is 1. The Kier molecular flexibility index (Phi) is 10.8. The van der Waals surface area contributed by atoms with Gasteiger partial charge in [-0.05, 0) is 80.0 Å². The maximum atomic E-state index is 15.4. The van der Waals surface area contributed by atoms with Gasteiger partial charge in [0.15, 0.2) is 5.60 Å². The average molecular weight is 904 g/mol. The lowest BCUT2D eigenvalue weighted by Crippen LogP contribution is -2.80. The fourth-order valence-corrected chi connectivity index (χ4v) is 14.1. The van der Waals surface area contributed by atoms with Crippen molar-refractivity contribution in [2.45, 2.75) is 87.5 Å². The molecule has 1 spiro atoms. The average Bonchev–Trinajstić information content (AvgIpc) is 3.97. The van der Waals surface area contributed by atoms with Crippen molar-refractivity contribution in [3.63, 3.8) is 0 Å². The van der Waals surface area contributed by atoms with Crippen molar-refractivity contribution in [1.29, 1.82) is 0 Å². The summed E-state index contributed by atoms with van der Waals surface area (Å²) in [6.07, 6.45) is 8.71. The lowest BCUT2D eigenvalue weighted by atomic mass is 9.47. The van der Waals surface area contributed by atoms with E-state index in [4.69, 9.17) is 30.5 Å². The van der Waals surface area contributed by atoms with Crippen LogP contribution < -0.4 is 9.64 Å². The van der Waals surface area contributed by atoms with E-state index in [9.17, 15) is 14.7 Å². The van der Waals surface area contributed by atoms with E-state index >= 15 is 4.79 Å². The van der Waals surface area contributed by atoms with Gasteiger partial charge in [-0.15, -0.1) is 0 Å². The zero-order valence-electron chi connectivity index (χ0n) is 38.1. The summed E-state index contributed by atoms with van der Waals surface area (Å²) in [6, 6.07) is 18.1. The topological polar surface area (TPSA) is 134 Å². The maximum Gasteiger partial charge on any atom is 0.339 e. The fraction of sp³-hybridized carbons (Fsp3) is 0.481. The third-order valence-corrected chi connectivity index (χ3v) is 16.5. The van der Waals surface area contributed by atoms with E-state index < -0.39 is 52.5 Å². The molecule has 2 N–H and O–H groups in total. The molecule has 0 amide bonds. The first-order valence-corrected chi connectivity index (χ1v) is 23.5. The summed E-state index contributed by atoms with van der Waals surface area (Å²) in [4.78, 5) is 53.5. The minimum absolute atomic E-state index is 0.0111. The third-order valence-electron chi connectivity index (χ3n) is 16.2. The van der Waals surface area contributed by atoms with Crippen LogP contribution in [0.1, 0.15) is 79.2 Å². The van der Waals surface area contributed by atoms with Crippen LogP contribution in [0.3, 0.4) is 0 Å². The smallest absolute Gasteiger partial charge is 0.339 e. The van der Waals surface area contributed by atoms with Gasteiger partial charge in [0.05, 0.1) is 30.8 Å². The highest BCUT2D eigenvalue weighted by molar-refractivity contribution is 6.33. The summed E-state index contributed by atoms with van der Waals surface area (Å²) in [6.45, 7) is 9.03. The normalized spacial score (nSPS) is 32.2. The standard InChI is InChI=1S/C52H59ClN4O8/c1-7-32-24-33-27-51(48(60)63-6,43-35(18-22-56(28-32)29-33)34-14-10-12-17-40(34)54-43)38-25-37-41(26-42(38)62-5)55(4)46-50(37)20-23-57-21-13-19-49(8-2,45(50)57)47(65-31(3)58)52(46,61)30-64-44(59)36-15-9-11-16-39(36)53/h9-17,19,24-26,33,45-47,54,61H,7-8,18,20-23,27-30H2,1-6H3/t33-,45?,46+,47+,49+,50+,51-,52?/m0/s1. The Balaban J connectivity index is 1.24. The van der Waals surface area contributed by atoms with Gasteiger partial charge in [0, 0.05) is 90.9 Å². The summed E-state index contributed by atoms with van der Waals surface area (Å²) >= 11 is 6.50. The molecule has 12 nitrogen and oxygen atoms in total. The van der Waals surface area contributed by atoms with E-state index in [1.165, 1.54) is 19.6 Å². The van der Waals surface area contributed by atoms with E-state index in [2.05, 4.69) is 70.0 Å². The number of ether oxygens (including phenoxy) is 4. The predicted molar refractivity (Wildman–Crippen MR) is 249 cm³/mol. The van der Waals surface area contributed by atoms with E-state index in [0.717, 1.165) is 65.9 Å². The summed E-state index contributed by atoms with van der Waals surface area (Å²) in [5.41, 5.74) is 1.76. The van der Waals surface area contributed by atoms with Crippen LogP contribution in [0.4, 0.5) is 5.69 Å². The van der Waals surface area contributed by atoms with E-state index in [0.29, 0.717) is 43.7 Å². The molecule has 13 heteroatoms. The Morgan fingerprint density at radius 2 is 1.78 bits per heavy atom. The van der Waals surface area contributed by atoms with Gasteiger partial charge in [-0.2, -0.15) is 0 Å². The Morgan fingerprint density at radius 1 is 1.00 bits per heavy atom. The van der Waals surface area contributed by atoms with Gasteiger partial charge in [0.1, 0.15) is 23.9 Å². The second-order valence-corrected chi connectivity index (χ2v) is 19.6. The molecule has 1 saturated heterocycles. The third kappa shape index (κ3) is 6.22. The molecule has 342 valence electrons. The number of carbonyl (C=O) groups is 3. The van der Waals surface area contributed by atoms with Gasteiger partial charge in [0.2, 0.25) is 0 Å². The molecule has 9 atom stereocenters. The monoisotopic (exact) mass is 902 g/mol. The summed E-state index contributed by atoms with van der Waals surface area (Å²) in [5, 5.41) is 15.2. The maximum absolute atomic E-state index is 15.4. The molecule has 3 unspecified atom stereocenters. The molecule has 6 aliphatic rings. The molecular formula is C52H59ClN4O8. The number of carbonyl (C=O) groups excluding carboxylic acids is 3. The predicted octanol–water partition coefficient (Wildman–Crippen LogP) is 7.13. The van der Waals surface area contributed by atoms with Crippen molar-refractivity contribution < 1.29 is 38.4 Å². The highest BCUT2D eigenvalue weighted by Crippen LogP contribution is 2.68. The number of benzene rings is 3. The summed E-state index contributed by atoms with van der Waals surface area (Å²) < 4.78 is 25.0. The van der Waals surface area contributed by atoms with Crippen molar-refractivity contribution in [3.05, 3.63) is 117 Å². The lowest BCUT2D eigenvalue weighted by molar-refractivity contribution is -0.228. The van der Waals surface area contributed by atoms with Crippen molar-refractivity contribution in [3.8, 4) is 5.75 Å². The van der Waals surface area contributed by atoms with Gasteiger partial charge < -0.3 is 33.9 Å². The van der Waals surface area contributed by atoms with Crippen LogP contribution in [-0.2, 0) is 41.1 Å². The quantitative estimate of drug-likeness (QED) is 0.101. The van der Waals surface area contributed by atoms with E-state index in [-0.39, 0.29) is 28.5 Å². The van der Waals surface area contributed by atoms with Gasteiger partial charge >= 0.3 is 17.9 Å². The second kappa shape index (κ2) is 16.0. The van der Waals surface area contributed by atoms with E-state index in [1.807, 2.05) is 25.2 Å². The molecule has 5 aliphatic heterocycles. The SMILES string of the molecule is CCC1=C[C@@H]2CN(CCc3c([nH]c4ccccc34)[C@@](C(=O)OC)(c3cc4c(cc3OC)N(C)[C@H]3C(O)(COC(=O)c5ccccc5Cl)[C@H](OC(C)=O)[C@]5(CC)C=CCN6CC[C@]43C65)C2)C1. The molecule has 4 aromatic rings. The number of fused-ring (bicyclic) bond motifs is 6.